The molecule has 1 fully saturated rings. The Morgan fingerprint density at radius 3 is 2.28 bits per heavy atom. The summed E-state index contributed by atoms with van der Waals surface area (Å²) >= 11 is 0. The van der Waals surface area contributed by atoms with E-state index >= 15 is 0 Å². The van der Waals surface area contributed by atoms with Crippen molar-refractivity contribution in [3.63, 3.8) is 0 Å². The van der Waals surface area contributed by atoms with Gasteiger partial charge < -0.3 is 24.7 Å². The number of likely N-dealkylation sites (tertiary alicyclic amines) is 1. The van der Waals surface area contributed by atoms with Crippen LogP contribution in [0.15, 0.2) is 34.9 Å². The van der Waals surface area contributed by atoms with Gasteiger partial charge in [-0.05, 0) is 57.0 Å². The van der Waals surface area contributed by atoms with Crippen molar-refractivity contribution in [3.8, 4) is 11.5 Å². The number of hydrogen-bond acceptors (Lipinski definition) is 9. The summed E-state index contributed by atoms with van der Waals surface area (Å²) in [7, 11) is -3.22. The summed E-state index contributed by atoms with van der Waals surface area (Å²) in [5, 5.41) is 29.2. The molecule has 0 aliphatic carbocycles. The Balaban J connectivity index is 0.000000580. The fraction of sp³-hybridized carbons (Fsp3) is 0.435. The van der Waals surface area contributed by atoms with Crippen molar-refractivity contribution < 1.29 is 47.0 Å². The monoisotopic (exact) mass is 571 g/mol. The molecule has 0 atom stereocenters. The highest BCUT2D eigenvalue weighted by molar-refractivity contribution is 7.88. The van der Waals surface area contributed by atoms with Crippen molar-refractivity contribution in [1.82, 2.24) is 19.8 Å². The van der Waals surface area contributed by atoms with E-state index in [2.05, 4.69) is 19.8 Å². The summed E-state index contributed by atoms with van der Waals surface area (Å²) in [6.45, 7) is 4.22. The van der Waals surface area contributed by atoms with E-state index < -0.39 is 33.9 Å². The number of benzene rings is 1. The van der Waals surface area contributed by atoms with Gasteiger partial charge in [-0.1, -0.05) is 5.16 Å². The lowest BCUT2D eigenvalue weighted by Gasteiger charge is -2.34. The van der Waals surface area contributed by atoms with Gasteiger partial charge >= 0.3 is 18.0 Å². The number of aryl methyl sites for hydroxylation is 1. The van der Waals surface area contributed by atoms with Gasteiger partial charge in [-0.25, -0.2) is 31.9 Å². The molecule has 0 unspecified atom stereocenters. The molecule has 1 aliphatic rings. The maximum atomic E-state index is 14.0. The van der Waals surface area contributed by atoms with Gasteiger partial charge in [0.2, 0.25) is 10.0 Å². The second-order valence-electron chi connectivity index (χ2n) is 8.66. The minimum Gasteiger partial charge on any atom is -0.478 e. The molecule has 0 spiro atoms. The largest absolute Gasteiger partial charge is 0.478 e. The van der Waals surface area contributed by atoms with E-state index in [1.807, 2.05) is 0 Å². The number of halogens is 1. The smallest absolute Gasteiger partial charge is 0.411 e. The molecule has 1 aromatic heterocycles. The van der Waals surface area contributed by atoms with E-state index in [0.29, 0.717) is 36.6 Å². The van der Waals surface area contributed by atoms with Gasteiger partial charge in [0.15, 0.2) is 5.82 Å². The molecule has 3 rings (SSSR count). The van der Waals surface area contributed by atoms with Crippen LogP contribution in [0.5, 0.6) is 0 Å². The third-order valence-corrected chi connectivity index (χ3v) is 6.28. The summed E-state index contributed by atoms with van der Waals surface area (Å²) in [5.41, 5.74) is 0.518. The number of aliphatic carboxylic acids is 2. The zero-order chi connectivity index (χ0) is 29.2. The van der Waals surface area contributed by atoms with Crippen LogP contribution < -0.4 is 9.62 Å². The fourth-order valence-electron chi connectivity index (χ4n) is 3.78. The first-order valence-corrected chi connectivity index (χ1v) is 13.6. The van der Waals surface area contributed by atoms with Gasteiger partial charge in [0.1, 0.15) is 5.82 Å². The van der Waals surface area contributed by atoms with Crippen LogP contribution in [0.3, 0.4) is 0 Å². The molecule has 0 saturated carbocycles. The zero-order valence-corrected chi connectivity index (χ0v) is 22.1. The lowest BCUT2D eigenvalue weighted by Crippen LogP contribution is -2.43. The number of anilines is 1. The number of carboxylic acids is 2. The molecule has 1 amide bonds. The highest BCUT2D eigenvalue weighted by Crippen LogP contribution is 2.32. The Bertz CT molecular complexity index is 1270. The third-order valence-electron chi connectivity index (χ3n) is 5.55. The molecule has 4 N–H and O–H groups in total. The first-order valence-electron chi connectivity index (χ1n) is 11.7. The van der Waals surface area contributed by atoms with E-state index in [-0.39, 0.29) is 24.0 Å². The molecule has 16 heteroatoms. The quantitative estimate of drug-likeness (QED) is 0.301. The zero-order valence-electron chi connectivity index (χ0n) is 21.3. The van der Waals surface area contributed by atoms with Crippen LogP contribution in [-0.2, 0) is 19.6 Å². The van der Waals surface area contributed by atoms with Crippen molar-refractivity contribution in [3.05, 3.63) is 42.0 Å². The van der Waals surface area contributed by atoms with E-state index in [1.165, 1.54) is 12.1 Å². The highest BCUT2D eigenvalue weighted by atomic mass is 32.2. The molecular formula is C23H30FN5O9S. The standard InChI is InChI=1S/C19H26FN5O5S.C4H4O4/c1-13-22-18(30-23-13)16-4-3-15(20)11-17(16)25(19(26)27)12-14-5-8-24(9-6-14)10-7-21-31(2,28)29;5-3(6)1-2-4(7)8/h3-4,11,14,21H,5-10,12H2,1-2H3,(H,26,27);1-2H,(H,5,6)(H,7,8)/b;2-1-. The number of nitrogens with one attached hydrogen (secondary N) is 1. The average molecular weight is 572 g/mol. The van der Waals surface area contributed by atoms with Gasteiger partial charge in [0.05, 0.1) is 17.5 Å². The van der Waals surface area contributed by atoms with Crippen molar-refractivity contribution in [2.75, 3.05) is 43.9 Å². The van der Waals surface area contributed by atoms with Gasteiger partial charge in [-0.3, -0.25) is 4.90 Å². The number of aromatic nitrogens is 2. The highest BCUT2D eigenvalue weighted by Gasteiger charge is 2.27. The number of sulfonamides is 1. The minimum absolute atomic E-state index is 0.0794. The Morgan fingerprint density at radius 1 is 1.18 bits per heavy atom. The summed E-state index contributed by atoms with van der Waals surface area (Å²) < 4.78 is 44.0. The molecule has 214 valence electrons. The second kappa shape index (κ2) is 14.3. The minimum atomic E-state index is -3.22. The van der Waals surface area contributed by atoms with E-state index in [9.17, 15) is 32.3 Å². The lowest BCUT2D eigenvalue weighted by molar-refractivity contribution is -0.134. The topological polar surface area (TPSA) is 203 Å². The third kappa shape index (κ3) is 11.2. The second-order valence-corrected chi connectivity index (χ2v) is 10.5. The number of carboxylic acid groups (broad SMARTS) is 3. The van der Waals surface area contributed by atoms with Crippen LogP contribution in [0.2, 0.25) is 0 Å². The molecule has 1 saturated heterocycles. The number of carbonyl (C=O) groups is 3. The van der Waals surface area contributed by atoms with Crippen LogP contribution in [0.25, 0.3) is 11.5 Å². The van der Waals surface area contributed by atoms with Crippen LogP contribution in [0.1, 0.15) is 18.7 Å². The van der Waals surface area contributed by atoms with E-state index in [1.54, 1.807) is 6.92 Å². The van der Waals surface area contributed by atoms with Crippen LogP contribution in [0.4, 0.5) is 14.9 Å². The lowest BCUT2D eigenvalue weighted by atomic mass is 9.95. The molecular weight excluding hydrogens is 541 g/mol. The van der Waals surface area contributed by atoms with Crippen molar-refractivity contribution in [1.29, 1.82) is 0 Å². The van der Waals surface area contributed by atoms with Gasteiger partial charge in [-0.15, -0.1) is 0 Å². The molecule has 0 bridgehead atoms. The number of rotatable bonds is 10. The van der Waals surface area contributed by atoms with Crippen LogP contribution in [0, 0.1) is 18.7 Å². The number of hydrogen-bond donors (Lipinski definition) is 4. The summed E-state index contributed by atoms with van der Waals surface area (Å²) in [6.07, 6.45) is 2.53. The molecule has 2 aromatic rings. The fourth-order valence-corrected chi connectivity index (χ4v) is 4.24. The molecule has 1 aliphatic heterocycles. The average Bonchev–Trinajstić information content (AvgIpc) is 3.27. The van der Waals surface area contributed by atoms with E-state index in [0.717, 1.165) is 43.2 Å². The van der Waals surface area contributed by atoms with Crippen molar-refractivity contribution in [2.24, 2.45) is 5.92 Å². The molecule has 39 heavy (non-hydrogen) atoms. The van der Waals surface area contributed by atoms with Crippen molar-refractivity contribution >= 4 is 33.7 Å². The van der Waals surface area contributed by atoms with Crippen molar-refractivity contribution in [2.45, 2.75) is 19.8 Å². The molecule has 0 radical (unpaired) electrons. The summed E-state index contributed by atoms with van der Waals surface area (Å²) in [5.74, 6) is -2.47. The van der Waals surface area contributed by atoms with Gasteiger partial charge in [-0.2, -0.15) is 4.98 Å². The molecule has 14 nitrogen and oxygen atoms in total. The van der Waals surface area contributed by atoms with E-state index in [4.69, 9.17) is 14.7 Å². The first-order chi connectivity index (χ1) is 18.2. The number of piperidine rings is 1. The first kappa shape index (κ1) is 31.3. The van der Waals surface area contributed by atoms with Crippen LogP contribution >= 0.6 is 0 Å². The maximum Gasteiger partial charge on any atom is 0.411 e. The number of nitrogens with zero attached hydrogens (tertiary/aromatic N) is 4. The Labute approximate surface area is 223 Å². The SMILES string of the molecule is Cc1noc(-c2ccc(F)cc2N(CC2CCN(CCNS(C)(=O)=O)CC2)C(=O)O)n1.O=C(O)/C=C\C(=O)O. The Morgan fingerprint density at radius 2 is 1.79 bits per heavy atom. The predicted octanol–water partition coefficient (Wildman–Crippen LogP) is 1.64. The van der Waals surface area contributed by atoms with Gasteiger partial charge in [0.25, 0.3) is 5.89 Å². The Hall–Kier alpha value is -3.89. The molecule has 1 aromatic carbocycles. The normalized spacial score (nSPS) is 14.5. The van der Waals surface area contributed by atoms with Crippen LogP contribution in [-0.4, -0.2) is 95.8 Å². The van der Waals surface area contributed by atoms with Gasteiger partial charge in [0, 0.05) is 31.8 Å². The Kier molecular flexibility index (Phi) is 11.5. The summed E-state index contributed by atoms with van der Waals surface area (Å²) in [6, 6.07) is 3.82. The molecule has 2 heterocycles. The maximum absolute atomic E-state index is 14.0. The number of amides is 1. The predicted molar refractivity (Wildman–Crippen MR) is 136 cm³/mol. The summed E-state index contributed by atoms with van der Waals surface area (Å²) in [4.78, 5) is 38.5.